The standard InChI is InChI=1S/C14H18BrNO2S/c15-13-5-2-6-14(8-13)19(17,18)16-9-11-3-1-4-12(7-11)10-16/h2,5-6,8,11-12H,1,3-4,7,9-10H2. The van der Waals surface area contributed by atoms with Gasteiger partial charge in [0.15, 0.2) is 0 Å². The predicted molar refractivity (Wildman–Crippen MR) is 78.3 cm³/mol. The van der Waals surface area contributed by atoms with Crippen LogP contribution in [0.25, 0.3) is 0 Å². The Kier molecular flexibility index (Phi) is 3.71. The molecular formula is C14H18BrNO2S. The lowest BCUT2D eigenvalue weighted by Crippen LogP contribution is -2.45. The van der Waals surface area contributed by atoms with E-state index in [-0.39, 0.29) is 0 Å². The first-order valence-corrected chi connectivity index (χ1v) is 9.05. The molecule has 1 saturated carbocycles. The highest BCUT2D eigenvalue weighted by Crippen LogP contribution is 2.36. The molecule has 0 amide bonds. The van der Waals surface area contributed by atoms with Gasteiger partial charge in [-0.3, -0.25) is 0 Å². The van der Waals surface area contributed by atoms with Gasteiger partial charge in [-0.25, -0.2) is 8.42 Å². The van der Waals surface area contributed by atoms with Crippen LogP contribution in [0.5, 0.6) is 0 Å². The van der Waals surface area contributed by atoms with Crippen molar-refractivity contribution in [3.05, 3.63) is 28.7 Å². The van der Waals surface area contributed by atoms with Crippen molar-refractivity contribution in [1.29, 1.82) is 0 Å². The van der Waals surface area contributed by atoms with Gasteiger partial charge in [0.25, 0.3) is 0 Å². The van der Waals surface area contributed by atoms with Gasteiger partial charge in [0.05, 0.1) is 4.90 Å². The summed E-state index contributed by atoms with van der Waals surface area (Å²) in [6.07, 6.45) is 4.84. The molecule has 0 aromatic heterocycles. The quantitative estimate of drug-likeness (QED) is 0.826. The first-order chi connectivity index (χ1) is 9.05. The molecule has 2 aliphatic rings. The van der Waals surface area contributed by atoms with Crippen LogP contribution in [0, 0.1) is 11.8 Å². The summed E-state index contributed by atoms with van der Waals surface area (Å²) in [5, 5.41) is 0. The summed E-state index contributed by atoms with van der Waals surface area (Å²) in [5.41, 5.74) is 0. The summed E-state index contributed by atoms with van der Waals surface area (Å²) >= 11 is 3.34. The van der Waals surface area contributed by atoms with E-state index in [2.05, 4.69) is 15.9 Å². The third-order valence-corrected chi connectivity index (χ3v) is 6.57. The number of piperidine rings is 1. The molecule has 2 fully saturated rings. The van der Waals surface area contributed by atoms with Gasteiger partial charge in [0.2, 0.25) is 10.0 Å². The molecule has 3 rings (SSSR count). The third-order valence-electron chi connectivity index (χ3n) is 4.25. The molecular weight excluding hydrogens is 326 g/mol. The highest BCUT2D eigenvalue weighted by molar-refractivity contribution is 9.10. The van der Waals surface area contributed by atoms with Crippen LogP contribution in [0.3, 0.4) is 0 Å². The Bertz CT molecular complexity index is 561. The van der Waals surface area contributed by atoms with Gasteiger partial charge >= 0.3 is 0 Å². The number of fused-ring (bicyclic) bond motifs is 2. The number of halogens is 1. The van der Waals surface area contributed by atoms with Gasteiger partial charge in [-0.1, -0.05) is 28.4 Å². The molecule has 1 aromatic carbocycles. The molecule has 1 heterocycles. The molecule has 1 aliphatic carbocycles. The largest absolute Gasteiger partial charge is 0.243 e. The van der Waals surface area contributed by atoms with Crippen LogP contribution in [0.1, 0.15) is 25.7 Å². The number of rotatable bonds is 2. The summed E-state index contributed by atoms with van der Waals surface area (Å²) < 4.78 is 27.9. The van der Waals surface area contributed by atoms with E-state index in [4.69, 9.17) is 0 Å². The fourth-order valence-electron chi connectivity index (χ4n) is 3.36. The molecule has 1 aliphatic heterocycles. The number of hydrogen-bond donors (Lipinski definition) is 0. The molecule has 0 N–H and O–H groups in total. The van der Waals surface area contributed by atoms with Gasteiger partial charge < -0.3 is 0 Å². The van der Waals surface area contributed by atoms with E-state index in [1.165, 1.54) is 25.7 Å². The van der Waals surface area contributed by atoms with E-state index in [1.807, 2.05) is 6.07 Å². The Morgan fingerprint density at radius 2 is 1.84 bits per heavy atom. The van der Waals surface area contributed by atoms with E-state index in [9.17, 15) is 8.42 Å². The Morgan fingerprint density at radius 3 is 2.47 bits per heavy atom. The second kappa shape index (κ2) is 5.19. The molecule has 0 spiro atoms. The minimum absolute atomic E-state index is 0.404. The monoisotopic (exact) mass is 343 g/mol. The average molecular weight is 344 g/mol. The lowest BCUT2D eigenvalue weighted by atomic mass is 9.79. The van der Waals surface area contributed by atoms with E-state index >= 15 is 0 Å². The molecule has 2 bridgehead atoms. The SMILES string of the molecule is O=S(=O)(c1cccc(Br)c1)N1CC2CCCC(C2)C1. The smallest absolute Gasteiger partial charge is 0.207 e. The summed E-state index contributed by atoms with van der Waals surface area (Å²) in [5.74, 6) is 1.13. The van der Waals surface area contributed by atoms with Gasteiger partial charge in [-0.05, 0) is 49.3 Å². The Balaban J connectivity index is 1.88. The van der Waals surface area contributed by atoms with Crippen molar-refractivity contribution in [3.63, 3.8) is 0 Å². The predicted octanol–water partition coefficient (Wildman–Crippen LogP) is 3.26. The molecule has 2 atom stereocenters. The lowest BCUT2D eigenvalue weighted by molar-refractivity contribution is 0.144. The molecule has 104 valence electrons. The fourth-order valence-corrected chi connectivity index (χ4v) is 5.55. The molecule has 3 nitrogen and oxygen atoms in total. The molecule has 2 unspecified atom stereocenters. The number of benzene rings is 1. The Hall–Kier alpha value is -0.390. The number of nitrogens with zero attached hydrogens (tertiary/aromatic N) is 1. The summed E-state index contributed by atoms with van der Waals surface area (Å²) in [7, 11) is -3.32. The van der Waals surface area contributed by atoms with Crippen LogP contribution in [-0.4, -0.2) is 25.8 Å². The zero-order valence-corrected chi connectivity index (χ0v) is 13.2. The maximum atomic E-state index is 12.7. The summed E-state index contributed by atoms with van der Waals surface area (Å²) in [6.45, 7) is 1.40. The van der Waals surface area contributed by atoms with Crippen molar-refractivity contribution in [2.75, 3.05) is 13.1 Å². The van der Waals surface area contributed by atoms with Crippen LogP contribution in [0.15, 0.2) is 33.6 Å². The first kappa shape index (κ1) is 13.6. The highest BCUT2D eigenvalue weighted by Gasteiger charge is 2.36. The van der Waals surface area contributed by atoms with Crippen LogP contribution in [-0.2, 0) is 10.0 Å². The maximum Gasteiger partial charge on any atom is 0.243 e. The molecule has 1 aromatic rings. The van der Waals surface area contributed by atoms with E-state index in [1.54, 1.807) is 22.5 Å². The van der Waals surface area contributed by atoms with Crippen molar-refractivity contribution >= 4 is 26.0 Å². The van der Waals surface area contributed by atoms with Crippen molar-refractivity contribution in [2.24, 2.45) is 11.8 Å². The number of hydrogen-bond acceptors (Lipinski definition) is 2. The zero-order chi connectivity index (χ0) is 13.5. The van der Waals surface area contributed by atoms with E-state index in [0.717, 1.165) is 4.47 Å². The summed E-state index contributed by atoms with van der Waals surface area (Å²) in [4.78, 5) is 0.404. The second-order valence-corrected chi connectivity index (χ2v) is 8.53. The molecule has 5 heteroatoms. The Labute approximate surface area is 123 Å². The van der Waals surface area contributed by atoms with Crippen LogP contribution in [0.2, 0.25) is 0 Å². The first-order valence-electron chi connectivity index (χ1n) is 6.81. The van der Waals surface area contributed by atoms with Gasteiger partial charge in [-0.15, -0.1) is 0 Å². The third kappa shape index (κ3) is 2.73. The van der Waals surface area contributed by atoms with Crippen molar-refractivity contribution in [2.45, 2.75) is 30.6 Å². The summed E-state index contributed by atoms with van der Waals surface area (Å²) in [6, 6.07) is 7.01. The van der Waals surface area contributed by atoms with Gasteiger partial charge in [-0.2, -0.15) is 4.31 Å². The molecule has 0 radical (unpaired) electrons. The zero-order valence-electron chi connectivity index (χ0n) is 10.8. The van der Waals surface area contributed by atoms with E-state index < -0.39 is 10.0 Å². The van der Waals surface area contributed by atoms with Crippen LogP contribution < -0.4 is 0 Å². The normalized spacial score (nSPS) is 28.3. The molecule has 19 heavy (non-hydrogen) atoms. The fraction of sp³-hybridized carbons (Fsp3) is 0.571. The van der Waals surface area contributed by atoms with Gasteiger partial charge in [0, 0.05) is 17.6 Å². The van der Waals surface area contributed by atoms with Crippen molar-refractivity contribution in [1.82, 2.24) is 4.31 Å². The Morgan fingerprint density at radius 1 is 1.16 bits per heavy atom. The van der Waals surface area contributed by atoms with Crippen LogP contribution in [0.4, 0.5) is 0 Å². The molecule has 1 saturated heterocycles. The average Bonchev–Trinajstić information content (AvgIpc) is 2.38. The van der Waals surface area contributed by atoms with E-state index in [0.29, 0.717) is 29.8 Å². The van der Waals surface area contributed by atoms with Crippen LogP contribution >= 0.6 is 15.9 Å². The minimum atomic E-state index is -3.32. The minimum Gasteiger partial charge on any atom is -0.207 e. The topological polar surface area (TPSA) is 37.4 Å². The highest BCUT2D eigenvalue weighted by atomic mass is 79.9. The van der Waals surface area contributed by atoms with Crippen molar-refractivity contribution in [3.8, 4) is 0 Å². The lowest BCUT2D eigenvalue weighted by Gasteiger charge is -2.40. The number of sulfonamides is 1. The van der Waals surface area contributed by atoms with Gasteiger partial charge in [0.1, 0.15) is 0 Å². The second-order valence-electron chi connectivity index (χ2n) is 5.68. The van der Waals surface area contributed by atoms with Crippen molar-refractivity contribution < 1.29 is 8.42 Å². The maximum absolute atomic E-state index is 12.7.